The zero-order valence-corrected chi connectivity index (χ0v) is 7.97. The predicted octanol–water partition coefficient (Wildman–Crippen LogP) is 0.992. The van der Waals surface area contributed by atoms with Crippen LogP contribution in [0.3, 0.4) is 0 Å². The van der Waals surface area contributed by atoms with Crippen molar-refractivity contribution in [2.45, 2.75) is 19.1 Å². The van der Waals surface area contributed by atoms with Gasteiger partial charge in [-0.2, -0.15) is 0 Å². The van der Waals surface area contributed by atoms with Gasteiger partial charge in [-0.05, 0) is 0 Å². The molecule has 0 saturated carbocycles. The number of hydrogen-bond acceptors (Lipinski definition) is 5. The highest BCUT2D eigenvalue weighted by Gasteiger charge is 2.35. The SMILES string of the molecule is CC1(c2cc(CC(=O)O)on2)OC=CO1. The molecule has 0 bridgehead atoms. The van der Waals surface area contributed by atoms with Crippen LogP contribution in [0.15, 0.2) is 23.1 Å². The number of carboxylic acids is 1. The Labute approximate surface area is 85.1 Å². The van der Waals surface area contributed by atoms with Gasteiger partial charge in [-0.3, -0.25) is 4.79 Å². The third-order valence-electron chi connectivity index (χ3n) is 1.99. The van der Waals surface area contributed by atoms with Crippen molar-refractivity contribution in [2.24, 2.45) is 0 Å². The van der Waals surface area contributed by atoms with E-state index in [2.05, 4.69) is 5.16 Å². The van der Waals surface area contributed by atoms with Crippen LogP contribution >= 0.6 is 0 Å². The quantitative estimate of drug-likeness (QED) is 0.802. The minimum atomic E-state index is -1.01. The second-order valence-corrected chi connectivity index (χ2v) is 3.20. The lowest BCUT2D eigenvalue weighted by Gasteiger charge is -2.19. The Hall–Kier alpha value is -1.98. The second-order valence-electron chi connectivity index (χ2n) is 3.20. The molecule has 80 valence electrons. The third-order valence-corrected chi connectivity index (χ3v) is 1.99. The summed E-state index contributed by atoms with van der Waals surface area (Å²) in [5.41, 5.74) is 0.406. The van der Waals surface area contributed by atoms with Crippen LogP contribution in [-0.2, 0) is 26.5 Å². The van der Waals surface area contributed by atoms with E-state index in [0.29, 0.717) is 5.69 Å². The molecular formula is C9H9NO5. The fraction of sp³-hybridized carbons (Fsp3) is 0.333. The van der Waals surface area contributed by atoms with Crippen LogP contribution in [0.2, 0.25) is 0 Å². The first kappa shape index (κ1) is 9.57. The molecule has 0 radical (unpaired) electrons. The number of aliphatic carboxylic acids is 1. The summed E-state index contributed by atoms with van der Waals surface area (Å²) < 4.78 is 15.2. The van der Waals surface area contributed by atoms with Crippen molar-refractivity contribution in [2.75, 3.05) is 0 Å². The molecule has 0 atom stereocenters. The van der Waals surface area contributed by atoms with Crippen molar-refractivity contribution in [3.63, 3.8) is 0 Å². The minimum Gasteiger partial charge on any atom is -0.481 e. The van der Waals surface area contributed by atoms with Crippen molar-refractivity contribution in [1.82, 2.24) is 5.16 Å². The summed E-state index contributed by atoms with van der Waals surface area (Å²) in [7, 11) is 0. The zero-order valence-electron chi connectivity index (χ0n) is 7.97. The van der Waals surface area contributed by atoms with Gasteiger partial charge in [0.1, 0.15) is 24.7 Å². The van der Waals surface area contributed by atoms with E-state index in [9.17, 15) is 4.79 Å². The number of rotatable bonds is 3. The topological polar surface area (TPSA) is 81.8 Å². The molecule has 0 saturated heterocycles. The first-order valence-electron chi connectivity index (χ1n) is 4.29. The molecule has 6 nitrogen and oxygen atoms in total. The Morgan fingerprint density at radius 1 is 1.53 bits per heavy atom. The minimum absolute atomic E-state index is 0.212. The molecule has 1 aliphatic rings. The van der Waals surface area contributed by atoms with Crippen LogP contribution in [-0.4, -0.2) is 16.2 Å². The molecule has 15 heavy (non-hydrogen) atoms. The lowest BCUT2D eigenvalue weighted by molar-refractivity contribution is -0.137. The van der Waals surface area contributed by atoms with E-state index in [4.69, 9.17) is 19.1 Å². The summed E-state index contributed by atoms with van der Waals surface area (Å²) in [5, 5.41) is 12.2. The van der Waals surface area contributed by atoms with Crippen LogP contribution in [0.25, 0.3) is 0 Å². The van der Waals surface area contributed by atoms with E-state index in [1.807, 2.05) is 0 Å². The predicted molar refractivity (Wildman–Crippen MR) is 46.5 cm³/mol. The molecule has 2 heterocycles. The van der Waals surface area contributed by atoms with Gasteiger partial charge in [0.05, 0.1) is 0 Å². The second kappa shape index (κ2) is 3.30. The molecule has 2 rings (SSSR count). The van der Waals surface area contributed by atoms with Crippen molar-refractivity contribution in [3.05, 3.63) is 30.0 Å². The highest BCUT2D eigenvalue weighted by molar-refractivity contribution is 5.69. The van der Waals surface area contributed by atoms with Crippen molar-refractivity contribution < 1.29 is 23.9 Å². The number of ether oxygens (including phenoxy) is 2. The molecule has 0 fully saturated rings. The highest BCUT2D eigenvalue weighted by atomic mass is 16.7. The van der Waals surface area contributed by atoms with E-state index in [1.54, 1.807) is 6.92 Å². The van der Waals surface area contributed by atoms with Crippen LogP contribution in [0.1, 0.15) is 18.4 Å². The molecule has 1 aromatic rings. The highest BCUT2D eigenvalue weighted by Crippen LogP contribution is 2.30. The molecule has 1 aliphatic heterocycles. The first-order chi connectivity index (χ1) is 7.10. The summed E-state index contributed by atoms with van der Waals surface area (Å²) in [6.07, 6.45) is 2.58. The summed E-state index contributed by atoms with van der Waals surface area (Å²) in [4.78, 5) is 10.4. The normalized spacial score (nSPS) is 17.1. The summed E-state index contributed by atoms with van der Waals surface area (Å²) >= 11 is 0. The molecule has 1 aromatic heterocycles. The lowest BCUT2D eigenvalue weighted by atomic mass is 10.2. The summed E-state index contributed by atoms with van der Waals surface area (Å²) in [6, 6.07) is 1.50. The van der Waals surface area contributed by atoms with Crippen LogP contribution < -0.4 is 0 Å². The number of hydrogen-bond donors (Lipinski definition) is 1. The number of carbonyl (C=O) groups is 1. The van der Waals surface area contributed by atoms with Gasteiger partial charge in [0.2, 0.25) is 0 Å². The average molecular weight is 211 g/mol. The Kier molecular flexibility index (Phi) is 2.11. The summed E-state index contributed by atoms with van der Waals surface area (Å²) in [5.74, 6) is -1.73. The van der Waals surface area contributed by atoms with E-state index in [-0.39, 0.29) is 12.2 Å². The molecule has 0 unspecified atom stereocenters. The van der Waals surface area contributed by atoms with Crippen LogP contribution in [0.4, 0.5) is 0 Å². The number of aromatic nitrogens is 1. The van der Waals surface area contributed by atoms with Gasteiger partial charge in [0.25, 0.3) is 5.79 Å². The van der Waals surface area contributed by atoms with Gasteiger partial charge in [-0.15, -0.1) is 0 Å². The van der Waals surface area contributed by atoms with E-state index in [0.717, 1.165) is 0 Å². The summed E-state index contributed by atoms with van der Waals surface area (Å²) in [6.45, 7) is 1.66. The molecule has 0 aliphatic carbocycles. The molecule has 0 spiro atoms. The maximum Gasteiger partial charge on any atom is 0.311 e. The van der Waals surface area contributed by atoms with E-state index >= 15 is 0 Å². The molecule has 6 heteroatoms. The molecule has 1 N–H and O–H groups in total. The van der Waals surface area contributed by atoms with Gasteiger partial charge >= 0.3 is 5.97 Å². The van der Waals surface area contributed by atoms with Gasteiger partial charge in [0, 0.05) is 13.0 Å². The molecular weight excluding hydrogens is 202 g/mol. The monoisotopic (exact) mass is 211 g/mol. The Balaban J connectivity index is 2.16. The first-order valence-corrected chi connectivity index (χ1v) is 4.29. The van der Waals surface area contributed by atoms with Crippen molar-refractivity contribution >= 4 is 5.97 Å². The van der Waals surface area contributed by atoms with Crippen LogP contribution in [0.5, 0.6) is 0 Å². The third kappa shape index (κ3) is 1.78. The Morgan fingerprint density at radius 2 is 2.20 bits per heavy atom. The standard InChI is InChI=1S/C9H9NO5/c1-9(13-2-3-14-9)7-4-6(15-10-7)5-8(11)12/h2-4H,5H2,1H3,(H,11,12). The number of carboxylic acid groups (broad SMARTS) is 1. The maximum absolute atomic E-state index is 10.4. The Morgan fingerprint density at radius 3 is 2.80 bits per heavy atom. The Bertz CT molecular complexity index is 400. The van der Waals surface area contributed by atoms with E-state index < -0.39 is 11.8 Å². The fourth-order valence-electron chi connectivity index (χ4n) is 1.22. The number of nitrogens with zero attached hydrogens (tertiary/aromatic N) is 1. The van der Waals surface area contributed by atoms with Gasteiger partial charge in [-0.25, -0.2) is 0 Å². The van der Waals surface area contributed by atoms with Gasteiger partial charge < -0.3 is 19.1 Å². The van der Waals surface area contributed by atoms with Crippen molar-refractivity contribution in [1.29, 1.82) is 0 Å². The van der Waals surface area contributed by atoms with Crippen molar-refractivity contribution in [3.8, 4) is 0 Å². The van der Waals surface area contributed by atoms with Crippen LogP contribution in [0, 0.1) is 0 Å². The van der Waals surface area contributed by atoms with Gasteiger partial charge in [0.15, 0.2) is 5.69 Å². The molecule has 0 amide bonds. The van der Waals surface area contributed by atoms with Gasteiger partial charge in [-0.1, -0.05) is 5.16 Å². The maximum atomic E-state index is 10.4. The lowest BCUT2D eigenvalue weighted by Crippen LogP contribution is -2.22. The van der Waals surface area contributed by atoms with E-state index in [1.165, 1.54) is 18.6 Å². The fourth-order valence-corrected chi connectivity index (χ4v) is 1.22. The largest absolute Gasteiger partial charge is 0.481 e. The molecule has 0 aromatic carbocycles. The smallest absolute Gasteiger partial charge is 0.311 e. The average Bonchev–Trinajstić information content (AvgIpc) is 2.74. The zero-order chi connectivity index (χ0) is 10.9.